The maximum atomic E-state index is 11.9. The molecule has 3 aromatic heterocycles. The topological polar surface area (TPSA) is 118 Å². The zero-order valence-electron chi connectivity index (χ0n) is 20.4. The van der Waals surface area contributed by atoms with Gasteiger partial charge in [0.1, 0.15) is 17.7 Å². The molecule has 3 heterocycles. The minimum atomic E-state index is -0.859. The average molecular weight is 465 g/mol. The van der Waals surface area contributed by atoms with Crippen LogP contribution in [-0.4, -0.2) is 48.3 Å². The molecule has 0 saturated heterocycles. The number of aromatic nitrogens is 5. The molecule has 0 radical (unpaired) electrons. The number of fused-ring (bicyclic) bond motifs is 3. The van der Waals surface area contributed by atoms with Crippen molar-refractivity contribution in [3.63, 3.8) is 0 Å². The van der Waals surface area contributed by atoms with Gasteiger partial charge in [-0.2, -0.15) is 0 Å². The van der Waals surface area contributed by atoms with Crippen LogP contribution in [0.3, 0.4) is 0 Å². The van der Waals surface area contributed by atoms with Gasteiger partial charge in [-0.25, -0.2) is 4.98 Å². The van der Waals surface area contributed by atoms with Crippen molar-refractivity contribution < 1.29 is 14.4 Å². The first-order valence-corrected chi connectivity index (χ1v) is 11.8. The van der Waals surface area contributed by atoms with Crippen LogP contribution in [0.1, 0.15) is 56.8 Å². The summed E-state index contributed by atoms with van der Waals surface area (Å²) in [6.07, 6.45) is 2.09. The number of anilines is 1. The Morgan fingerprint density at radius 3 is 2.65 bits per heavy atom. The number of benzene rings is 1. The van der Waals surface area contributed by atoms with Crippen molar-refractivity contribution in [2.24, 2.45) is 5.92 Å². The molecule has 9 heteroatoms. The summed E-state index contributed by atoms with van der Waals surface area (Å²) in [5.41, 5.74) is 5.28. The van der Waals surface area contributed by atoms with E-state index in [0.29, 0.717) is 24.4 Å². The smallest absolute Gasteiger partial charge is 0.204 e. The highest BCUT2D eigenvalue weighted by Gasteiger charge is 2.18. The first kappa shape index (κ1) is 23.8. The normalized spacial score (nSPS) is 12.7. The first-order valence-electron chi connectivity index (χ1n) is 11.8. The number of unbranched alkanes of at least 4 members (excludes halogenated alkanes) is 2. The van der Waals surface area contributed by atoms with Crippen LogP contribution in [0.2, 0.25) is 0 Å². The summed E-state index contributed by atoms with van der Waals surface area (Å²) in [6.45, 7) is 10.2. The number of nitrogens with one attached hydrogen (secondary N) is 1. The second-order valence-corrected chi connectivity index (χ2v) is 9.16. The third-order valence-electron chi connectivity index (χ3n) is 6.16. The fraction of sp³-hybridized carbons (Fsp3) is 0.480. The first-order chi connectivity index (χ1) is 16.3. The average Bonchev–Trinajstić information content (AvgIpc) is 3.37. The van der Waals surface area contributed by atoms with E-state index >= 15 is 0 Å². The Balaban J connectivity index is 1.49. The molecule has 0 unspecified atom stereocenters. The molecule has 0 spiro atoms. The highest BCUT2D eigenvalue weighted by Crippen LogP contribution is 2.31. The minimum absolute atomic E-state index is 0.0392. The predicted octanol–water partition coefficient (Wildman–Crippen LogP) is 4.42. The van der Waals surface area contributed by atoms with Gasteiger partial charge < -0.3 is 14.9 Å². The molecule has 34 heavy (non-hydrogen) atoms. The van der Waals surface area contributed by atoms with Crippen LogP contribution in [0.25, 0.3) is 27.8 Å². The zero-order valence-corrected chi connectivity index (χ0v) is 20.4. The number of hydrogen-bond donors (Lipinski definition) is 2. The van der Waals surface area contributed by atoms with Gasteiger partial charge in [0.05, 0.1) is 16.7 Å². The summed E-state index contributed by atoms with van der Waals surface area (Å²) in [5.74, 6) is 2.13. The molecule has 4 rings (SSSR count). The number of aryl methyl sites for hydroxylation is 3. The van der Waals surface area contributed by atoms with Gasteiger partial charge in [0.25, 0.3) is 0 Å². The van der Waals surface area contributed by atoms with Crippen molar-refractivity contribution in [3.8, 4) is 11.1 Å². The molecule has 0 aliphatic heterocycles. The molecule has 0 bridgehead atoms. The monoisotopic (exact) mass is 464 g/mol. The van der Waals surface area contributed by atoms with E-state index in [4.69, 9.17) is 9.51 Å². The quantitative estimate of drug-likeness (QED) is 0.331. The van der Waals surface area contributed by atoms with E-state index in [0.717, 1.165) is 58.7 Å². The maximum Gasteiger partial charge on any atom is 0.204 e. The summed E-state index contributed by atoms with van der Waals surface area (Å²) in [7, 11) is 0. The van der Waals surface area contributed by atoms with E-state index in [1.807, 2.05) is 51.2 Å². The van der Waals surface area contributed by atoms with Gasteiger partial charge in [0.2, 0.25) is 5.65 Å². The summed E-state index contributed by atoms with van der Waals surface area (Å²) in [4.78, 5) is 16.8. The SMILES string of the molecule is Cc1noc(C)c1-c1ccc2nc(NCCCCCC(=O)[C@@H](O)C(C)C)c3nnc(C)n3c2c1. The van der Waals surface area contributed by atoms with Crippen LogP contribution in [0.4, 0.5) is 5.82 Å². The Hall–Kier alpha value is -3.33. The number of aliphatic hydroxyl groups is 1. The van der Waals surface area contributed by atoms with E-state index in [9.17, 15) is 9.90 Å². The molecule has 0 saturated carbocycles. The van der Waals surface area contributed by atoms with E-state index in [2.05, 4.69) is 26.7 Å². The van der Waals surface area contributed by atoms with Crippen molar-refractivity contribution in [1.29, 1.82) is 0 Å². The van der Waals surface area contributed by atoms with E-state index < -0.39 is 6.10 Å². The number of carbonyl (C=O) groups is 1. The van der Waals surface area contributed by atoms with Crippen molar-refractivity contribution in [2.45, 2.75) is 66.4 Å². The summed E-state index contributed by atoms with van der Waals surface area (Å²) < 4.78 is 7.36. The molecular weight excluding hydrogens is 432 g/mol. The summed E-state index contributed by atoms with van der Waals surface area (Å²) in [5, 5.41) is 25.9. The van der Waals surface area contributed by atoms with Crippen LogP contribution in [0.15, 0.2) is 22.7 Å². The van der Waals surface area contributed by atoms with Crippen LogP contribution in [0.5, 0.6) is 0 Å². The van der Waals surface area contributed by atoms with Gasteiger partial charge in [-0.15, -0.1) is 10.2 Å². The molecule has 0 aliphatic rings. The third kappa shape index (κ3) is 4.65. The highest BCUT2D eigenvalue weighted by atomic mass is 16.5. The Bertz CT molecular complexity index is 1300. The highest BCUT2D eigenvalue weighted by molar-refractivity contribution is 5.87. The second-order valence-electron chi connectivity index (χ2n) is 9.16. The lowest BCUT2D eigenvalue weighted by Gasteiger charge is -2.13. The fourth-order valence-corrected chi connectivity index (χ4v) is 4.27. The van der Waals surface area contributed by atoms with Crippen LogP contribution in [-0.2, 0) is 4.79 Å². The lowest BCUT2D eigenvalue weighted by Crippen LogP contribution is -2.25. The molecule has 2 N–H and O–H groups in total. The largest absolute Gasteiger partial charge is 0.385 e. The van der Waals surface area contributed by atoms with Gasteiger partial charge >= 0.3 is 0 Å². The number of rotatable bonds is 10. The Morgan fingerprint density at radius 1 is 1.15 bits per heavy atom. The minimum Gasteiger partial charge on any atom is -0.385 e. The van der Waals surface area contributed by atoms with Gasteiger partial charge in [-0.3, -0.25) is 9.20 Å². The van der Waals surface area contributed by atoms with Crippen molar-refractivity contribution in [2.75, 3.05) is 11.9 Å². The molecule has 9 nitrogen and oxygen atoms in total. The molecule has 0 fully saturated rings. The second kappa shape index (κ2) is 9.89. The van der Waals surface area contributed by atoms with Crippen LogP contribution < -0.4 is 5.32 Å². The molecule has 0 aliphatic carbocycles. The van der Waals surface area contributed by atoms with Gasteiger partial charge in [0.15, 0.2) is 11.6 Å². The van der Waals surface area contributed by atoms with Gasteiger partial charge in [-0.05, 0) is 57.2 Å². The van der Waals surface area contributed by atoms with Crippen LogP contribution >= 0.6 is 0 Å². The summed E-state index contributed by atoms with van der Waals surface area (Å²) in [6, 6.07) is 6.09. The molecule has 0 amide bonds. The van der Waals surface area contributed by atoms with Crippen molar-refractivity contribution in [1.82, 2.24) is 24.7 Å². The molecule has 1 atom stereocenters. The van der Waals surface area contributed by atoms with Crippen molar-refractivity contribution >= 4 is 28.3 Å². The molecule has 4 aromatic rings. The standard InChI is InChI=1S/C25H32N6O3/c1-14(2)23(33)21(32)9-7-6-8-12-26-24-25-29-28-17(5)31(25)20-13-18(10-11-19(20)27-24)22-15(3)30-34-16(22)4/h10-11,13-14,23,33H,6-9,12H2,1-5H3,(H,26,27)/t23-/m0/s1. The fourth-order valence-electron chi connectivity index (χ4n) is 4.27. The van der Waals surface area contributed by atoms with E-state index in [1.165, 1.54) is 0 Å². The lowest BCUT2D eigenvalue weighted by atomic mass is 9.99. The van der Waals surface area contributed by atoms with E-state index in [-0.39, 0.29) is 11.7 Å². The number of Topliss-reactive ketones (excluding diaryl/α,β-unsaturated/α-hetero) is 1. The third-order valence-corrected chi connectivity index (χ3v) is 6.16. The van der Waals surface area contributed by atoms with Gasteiger partial charge in [-0.1, -0.05) is 31.5 Å². The molecule has 180 valence electrons. The Morgan fingerprint density at radius 2 is 1.94 bits per heavy atom. The van der Waals surface area contributed by atoms with Crippen LogP contribution in [0, 0.1) is 26.7 Å². The Kier molecular flexibility index (Phi) is 6.92. The number of aliphatic hydroxyl groups excluding tert-OH is 1. The summed E-state index contributed by atoms with van der Waals surface area (Å²) >= 11 is 0. The predicted molar refractivity (Wildman–Crippen MR) is 131 cm³/mol. The number of hydrogen-bond acceptors (Lipinski definition) is 8. The zero-order chi connectivity index (χ0) is 24.4. The molecule has 1 aromatic carbocycles. The van der Waals surface area contributed by atoms with Gasteiger partial charge in [0, 0.05) is 18.5 Å². The lowest BCUT2D eigenvalue weighted by molar-refractivity contribution is -0.129. The molecular formula is C25H32N6O3. The Labute approximate surface area is 198 Å². The van der Waals surface area contributed by atoms with E-state index in [1.54, 1.807) is 0 Å². The number of carbonyl (C=O) groups excluding carboxylic acids is 1. The number of ketones is 1. The van der Waals surface area contributed by atoms with Crippen molar-refractivity contribution in [3.05, 3.63) is 35.5 Å². The number of nitrogens with zero attached hydrogens (tertiary/aromatic N) is 5. The maximum absolute atomic E-state index is 11.9.